The number of Topliss-reactive ketones (excluding diaryl/α,β-unsaturated/α-hetero) is 1. The second-order valence-electron chi connectivity index (χ2n) is 9.87. The van der Waals surface area contributed by atoms with Crippen LogP contribution in [0.1, 0.15) is 25.8 Å². The lowest BCUT2D eigenvalue weighted by Crippen LogP contribution is -2.45. The maximum atomic E-state index is 13.6. The van der Waals surface area contributed by atoms with Crippen molar-refractivity contribution >= 4 is 29.1 Å². The highest BCUT2D eigenvalue weighted by molar-refractivity contribution is 7.89. The fraction of sp³-hybridized carbons (Fsp3) is 0.423. The van der Waals surface area contributed by atoms with E-state index in [1.165, 1.54) is 16.0 Å². The number of ketones is 1. The van der Waals surface area contributed by atoms with Crippen molar-refractivity contribution in [1.82, 2.24) is 4.31 Å². The Hall–Kier alpha value is -2.02. The number of hydrogen-bond acceptors (Lipinski definition) is 3. The molecule has 0 aromatic heterocycles. The van der Waals surface area contributed by atoms with Gasteiger partial charge in [-0.3, -0.25) is 4.79 Å². The van der Waals surface area contributed by atoms with E-state index in [0.29, 0.717) is 24.4 Å². The topological polar surface area (TPSA) is 54.5 Å². The summed E-state index contributed by atoms with van der Waals surface area (Å²) in [7, 11) is -5.69. The molecule has 1 aliphatic heterocycles. The van der Waals surface area contributed by atoms with E-state index in [9.17, 15) is 13.2 Å². The molecule has 4 rings (SSSR count). The molecule has 2 aliphatic rings. The Labute approximate surface area is 193 Å². The zero-order valence-corrected chi connectivity index (χ0v) is 21.4. The summed E-state index contributed by atoms with van der Waals surface area (Å²) in [6.07, 6.45) is 0.690. The van der Waals surface area contributed by atoms with Crippen molar-refractivity contribution in [3.63, 3.8) is 0 Å². The molecular formula is C26H33NO3SSi. The van der Waals surface area contributed by atoms with E-state index in [2.05, 4.69) is 37.4 Å². The van der Waals surface area contributed by atoms with Gasteiger partial charge < -0.3 is 0 Å². The Morgan fingerprint density at radius 2 is 1.59 bits per heavy atom. The Bertz CT molecular complexity index is 1150. The fourth-order valence-corrected chi connectivity index (χ4v) is 10.3. The van der Waals surface area contributed by atoms with Crippen molar-refractivity contribution in [1.29, 1.82) is 0 Å². The molecule has 32 heavy (non-hydrogen) atoms. The quantitative estimate of drug-likeness (QED) is 0.630. The summed E-state index contributed by atoms with van der Waals surface area (Å²) >= 11 is 0. The lowest BCUT2D eigenvalue weighted by Gasteiger charge is -2.30. The van der Waals surface area contributed by atoms with Crippen LogP contribution in [0.2, 0.25) is 13.1 Å². The van der Waals surface area contributed by atoms with Crippen LogP contribution in [-0.4, -0.2) is 39.7 Å². The number of rotatable bonds is 4. The van der Waals surface area contributed by atoms with Gasteiger partial charge in [-0.1, -0.05) is 90.9 Å². The van der Waals surface area contributed by atoms with Crippen LogP contribution in [0.3, 0.4) is 0 Å². The van der Waals surface area contributed by atoms with Gasteiger partial charge in [-0.25, -0.2) is 8.42 Å². The largest absolute Gasteiger partial charge is 0.299 e. The number of benzene rings is 2. The lowest BCUT2D eigenvalue weighted by atomic mass is 9.94. The van der Waals surface area contributed by atoms with Crippen molar-refractivity contribution < 1.29 is 13.2 Å². The Morgan fingerprint density at radius 3 is 2.22 bits per heavy atom. The molecule has 6 heteroatoms. The Kier molecular flexibility index (Phi) is 6.07. The van der Waals surface area contributed by atoms with Crippen molar-refractivity contribution in [2.45, 2.75) is 45.2 Å². The van der Waals surface area contributed by atoms with E-state index in [1.807, 2.05) is 39.0 Å². The molecule has 2 aromatic carbocycles. The van der Waals surface area contributed by atoms with Crippen LogP contribution in [0.5, 0.6) is 0 Å². The third kappa shape index (κ3) is 3.82. The van der Waals surface area contributed by atoms with Crippen LogP contribution < -0.4 is 5.19 Å². The van der Waals surface area contributed by atoms with Gasteiger partial charge in [0.2, 0.25) is 10.0 Å². The summed E-state index contributed by atoms with van der Waals surface area (Å²) in [5, 5.41) is 2.69. The summed E-state index contributed by atoms with van der Waals surface area (Å²) < 4.78 is 28.8. The van der Waals surface area contributed by atoms with Gasteiger partial charge in [0, 0.05) is 30.8 Å². The fourth-order valence-electron chi connectivity index (χ4n) is 5.55. The molecule has 2 aromatic rings. The summed E-state index contributed by atoms with van der Waals surface area (Å²) in [4.78, 5) is 13.4. The van der Waals surface area contributed by atoms with Crippen molar-refractivity contribution in [2.24, 2.45) is 17.8 Å². The van der Waals surface area contributed by atoms with E-state index in [0.717, 1.165) is 5.56 Å². The SMILES string of the molecule is Cc1ccc(S(=O)(=O)N2CCC([Si](C)(C)c3ccccc3)=C3C(C)C(=O)C(C)C3C2)cc1. The number of aryl methyl sites for hydroxylation is 1. The molecule has 1 heterocycles. The van der Waals surface area contributed by atoms with Gasteiger partial charge in [0.05, 0.1) is 4.90 Å². The minimum atomic E-state index is -3.62. The van der Waals surface area contributed by atoms with Crippen LogP contribution in [0, 0.1) is 24.7 Å². The summed E-state index contributed by atoms with van der Waals surface area (Å²) in [5.41, 5.74) is 2.26. The van der Waals surface area contributed by atoms with E-state index in [4.69, 9.17) is 0 Å². The molecule has 3 unspecified atom stereocenters. The van der Waals surface area contributed by atoms with Gasteiger partial charge in [0.15, 0.2) is 0 Å². The Morgan fingerprint density at radius 1 is 0.969 bits per heavy atom. The first-order chi connectivity index (χ1) is 15.0. The number of carbonyl (C=O) groups is 1. The zero-order valence-electron chi connectivity index (χ0n) is 19.6. The van der Waals surface area contributed by atoms with Crippen molar-refractivity contribution in [3.05, 3.63) is 70.9 Å². The monoisotopic (exact) mass is 467 g/mol. The molecule has 0 saturated heterocycles. The maximum Gasteiger partial charge on any atom is 0.243 e. The second-order valence-corrected chi connectivity index (χ2v) is 16.2. The molecule has 0 bridgehead atoms. The number of hydrogen-bond donors (Lipinski definition) is 0. The predicted molar refractivity (Wildman–Crippen MR) is 132 cm³/mol. The minimum Gasteiger partial charge on any atom is -0.299 e. The van der Waals surface area contributed by atoms with Gasteiger partial charge in [0.25, 0.3) is 0 Å². The number of nitrogens with zero attached hydrogens (tertiary/aromatic N) is 1. The second kappa shape index (κ2) is 8.40. The van der Waals surface area contributed by atoms with Crippen LogP contribution in [0.25, 0.3) is 0 Å². The number of fused-ring (bicyclic) bond motifs is 1. The summed E-state index contributed by atoms with van der Waals surface area (Å²) in [6, 6.07) is 17.6. The van der Waals surface area contributed by atoms with Crippen LogP contribution in [-0.2, 0) is 14.8 Å². The third-order valence-corrected chi connectivity index (χ3v) is 13.3. The maximum absolute atomic E-state index is 13.6. The zero-order chi connectivity index (χ0) is 23.3. The first-order valence-corrected chi connectivity index (χ1v) is 15.9. The van der Waals surface area contributed by atoms with Gasteiger partial charge in [-0.15, -0.1) is 0 Å². The molecule has 1 fully saturated rings. The highest BCUT2D eigenvalue weighted by Crippen LogP contribution is 2.45. The first kappa shape index (κ1) is 23.1. The third-order valence-electron chi connectivity index (χ3n) is 7.61. The molecule has 1 saturated carbocycles. The molecule has 1 aliphatic carbocycles. The molecule has 0 spiro atoms. The van der Waals surface area contributed by atoms with E-state index in [-0.39, 0.29) is 23.5 Å². The first-order valence-electron chi connectivity index (χ1n) is 11.4. The summed E-state index contributed by atoms with van der Waals surface area (Å²) in [5.74, 6) is -0.104. The molecular weight excluding hydrogens is 434 g/mol. The van der Waals surface area contributed by atoms with Gasteiger partial charge in [-0.05, 0) is 25.5 Å². The van der Waals surface area contributed by atoms with E-state index < -0.39 is 18.1 Å². The van der Waals surface area contributed by atoms with Crippen molar-refractivity contribution in [2.75, 3.05) is 13.1 Å². The van der Waals surface area contributed by atoms with E-state index >= 15 is 0 Å². The highest BCUT2D eigenvalue weighted by atomic mass is 32.2. The normalized spacial score (nSPS) is 25.0. The minimum absolute atomic E-state index is 0.0503. The van der Waals surface area contributed by atoms with Gasteiger partial charge in [-0.2, -0.15) is 4.31 Å². The number of carbonyl (C=O) groups excluding carboxylic acids is 1. The summed E-state index contributed by atoms with van der Waals surface area (Å²) in [6.45, 7) is 11.5. The smallest absolute Gasteiger partial charge is 0.243 e. The molecule has 3 atom stereocenters. The van der Waals surface area contributed by atoms with Gasteiger partial charge in [0.1, 0.15) is 13.9 Å². The molecule has 0 amide bonds. The van der Waals surface area contributed by atoms with Crippen LogP contribution >= 0.6 is 0 Å². The Balaban J connectivity index is 1.79. The van der Waals surface area contributed by atoms with Crippen molar-refractivity contribution in [3.8, 4) is 0 Å². The molecule has 0 N–H and O–H groups in total. The van der Waals surface area contributed by atoms with Gasteiger partial charge >= 0.3 is 0 Å². The molecule has 0 radical (unpaired) electrons. The predicted octanol–water partition coefficient (Wildman–Crippen LogP) is 4.31. The van der Waals surface area contributed by atoms with E-state index in [1.54, 1.807) is 16.4 Å². The standard InChI is InChI=1S/C26H33NO3SSi/c1-18-11-13-21(14-12-18)31(29,30)27-16-15-24(32(4,5)22-9-7-6-8-10-22)25-20(3)26(28)19(2)23(25)17-27/h6-14,19-20,23H,15-17H2,1-5H3. The van der Waals surface area contributed by atoms with Crippen LogP contribution in [0.15, 0.2) is 70.3 Å². The molecule has 170 valence electrons. The number of sulfonamides is 1. The average Bonchev–Trinajstić information content (AvgIpc) is 2.93. The lowest BCUT2D eigenvalue weighted by molar-refractivity contribution is -0.123. The molecule has 4 nitrogen and oxygen atoms in total. The van der Waals surface area contributed by atoms with Crippen LogP contribution in [0.4, 0.5) is 0 Å². The average molecular weight is 468 g/mol. The highest BCUT2D eigenvalue weighted by Gasteiger charge is 2.48.